The van der Waals surface area contributed by atoms with Gasteiger partial charge in [-0.1, -0.05) is 159 Å². The van der Waals surface area contributed by atoms with Crippen molar-refractivity contribution in [2.75, 3.05) is 172 Å². The van der Waals surface area contributed by atoms with Crippen molar-refractivity contribution in [3.05, 3.63) is 167 Å². The van der Waals surface area contributed by atoms with Gasteiger partial charge in [0.25, 0.3) is 0 Å². The largest absolute Gasteiger partial charge is 0.388 e. The van der Waals surface area contributed by atoms with Crippen molar-refractivity contribution < 1.29 is 76.6 Å². The van der Waals surface area contributed by atoms with E-state index >= 15 is 0 Å². The van der Waals surface area contributed by atoms with Crippen LogP contribution in [0, 0.1) is 35.5 Å². The summed E-state index contributed by atoms with van der Waals surface area (Å²) in [5, 5.41) is 32.4. The summed E-state index contributed by atoms with van der Waals surface area (Å²) in [4.78, 5) is 24.9. The maximum Gasteiger partial charge on any atom is 0.246 e. The lowest BCUT2D eigenvalue weighted by molar-refractivity contribution is -0.118. The number of aryl methyl sites for hydroxylation is 2. The number of rotatable bonds is 57. The van der Waals surface area contributed by atoms with Crippen LogP contribution in [0.2, 0.25) is 0 Å². The Bertz CT molecular complexity index is 2960. The molecule has 4 aromatic rings. The lowest BCUT2D eigenvalue weighted by Gasteiger charge is -2.16. The predicted molar refractivity (Wildman–Crippen MR) is 398 cm³/mol. The quantitative estimate of drug-likeness (QED) is 0.0140. The first-order valence-electron chi connectivity index (χ1n) is 35.7. The van der Waals surface area contributed by atoms with Gasteiger partial charge < -0.3 is 77.7 Å². The van der Waals surface area contributed by atoms with E-state index in [1.807, 2.05) is 52.0 Å². The number of carbonyl (C=O) groups excluding carboxylic acids is 2. The Morgan fingerprint density at radius 1 is 0.380 bits per heavy atom. The molecule has 0 aliphatic carbocycles. The molecule has 0 heterocycles. The number of benzene rings is 4. The van der Waals surface area contributed by atoms with E-state index in [4.69, 9.17) is 56.8 Å². The monoisotopic (exact) mass is 1380 g/mol. The maximum atomic E-state index is 12.4. The molecule has 0 fully saturated rings. The SMILES string of the molecule is C/C(=C\CCC#C/C=C/[C@@H](C)[C@@H](O)/C(C)=C/CCc1ccc2ccccc2c1)C(=O)NCCOCCOCCOCCOCCOCCOCCOCCOCCOCCOCCOCCOCCNC(=O)/C(C)=C/CCC#C/C=C/[C@@H](C)[C@@H](O)/C(C)=C/CCc1ccc2ccccc2c1. The number of carbonyl (C=O) groups is 2. The number of aliphatic hydroxyl groups excluding tert-OH is 2. The highest BCUT2D eigenvalue weighted by atomic mass is 16.6. The molecule has 0 aliphatic heterocycles. The van der Waals surface area contributed by atoms with E-state index in [9.17, 15) is 19.8 Å². The van der Waals surface area contributed by atoms with Gasteiger partial charge in [0, 0.05) is 48.9 Å². The fourth-order valence-electron chi connectivity index (χ4n) is 9.85. The summed E-state index contributed by atoms with van der Waals surface area (Å²) in [6.07, 6.45) is 20.6. The molecule has 4 aromatic carbocycles. The molecule has 0 aromatic heterocycles. The number of aliphatic hydroxyl groups is 2. The first-order chi connectivity index (χ1) is 48.9. The van der Waals surface area contributed by atoms with Gasteiger partial charge in [-0.25, -0.2) is 0 Å². The van der Waals surface area contributed by atoms with Crippen molar-refractivity contribution in [2.45, 2.75) is 105 Å². The molecule has 100 heavy (non-hydrogen) atoms. The third-order valence-corrected chi connectivity index (χ3v) is 15.8. The first-order valence-corrected chi connectivity index (χ1v) is 35.7. The molecule has 4 N–H and O–H groups in total. The van der Waals surface area contributed by atoms with Crippen LogP contribution < -0.4 is 10.6 Å². The molecule has 0 saturated heterocycles. The highest BCUT2D eigenvalue weighted by Crippen LogP contribution is 2.21. The molecule has 4 rings (SSSR count). The number of nitrogens with one attached hydrogen (secondary N) is 2. The van der Waals surface area contributed by atoms with Crippen LogP contribution in [-0.2, 0) is 79.3 Å². The molecule has 0 spiro atoms. The second kappa shape index (κ2) is 57.9. The Balaban J connectivity index is 0.782. The average molecular weight is 1390 g/mol. The Morgan fingerprint density at radius 2 is 0.660 bits per heavy atom. The molecule has 0 aliphatic rings. The summed E-state index contributed by atoms with van der Waals surface area (Å²) in [6, 6.07) is 29.9. The highest BCUT2D eigenvalue weighted by molar-refractivity contribution is 5.93. The average Bonchev–Trinajstić information content (AvgIpc) is 1.18. The summed E-state index contributed by atoms with van der Waals surface area (Å²) in [7, 11) is 0. The summed E-state index contributed by atoms with van der Waals surface area (Å²) < 4.78 is 66.7. The Hall–Kier alpha value is -6.66. The van der Waals surface area contributed by atoms with Crippen LogP contribution in [0.4, 0.5) is 0 Å². The lowest BCUT2D eigenvalue weighted by Crippen LogP contribution is -2.28. The van der Waals surface area contributed by atoms with E-state index in [2.05, 4.69) is 131 Å². The van der Waals surface area contributed by atoms with Crippen molar-refractivity contribution in [1.82, 2.24) is 10.6 Å². The molecule has 18 nitrogen and oxygen atoms in total. The normalized spacial score (nSPS) is 13.6. The second-order valence-electron chi connectivity index (χ2n) is 24.0. The minimum atomic E-state index is -0.560. The standard InChI is InChI=1S/C82H116N2O16/c1-67(79(85)69(3)27-21-29-73-35-37-75-31-17-19-33-77(75)65-73)23-13-9-7-11-15-25-71(5)81(87)83-39-41-89-43-45-91-47-49-93-51-53-95-55-57-97-59-61-99-63-64-100-62-60-98-58-56-96-54-52-94-50-48-92-46-44-90-42-40-84-82(88)72(6)26-16-12-8-10-14-24-68(2)80(86)70(4)28-22-30-74-36-38-76-32-18-20-34-78(76)66-74/h13-14,17-20,23-28,31-38,65-68,79-80,85-86H,11-12,15-16,21-22,29-30,39-64H2,1-6H3,(H,83,87)(H,84,88)/b23-13+,24-14+,69-27+,70-28+,71-25+,72-26+/t67-,68-,79-,80-/m1/s1. The lowest BCUT2D eigenvalue weighted by atomic mass is 9.96. The molecule has 2 amide bonds. The Kier molecular flexibility index (Phi) is 49.7. The zero-order chi connectivity index (χ0) is 71.6. The number of unbranched alkanes of at least 4 members (excludes halogenated alkanes) is 2. The second-order valence-corrected chi connectivity index (χ2v) is 24.0. The zero-order valence-electron chi connectivity index (χ0n) is 60.7. The predicted octanol–water partition coefficient (Wildman–Crippen LogP) is 11.4. The Morgan fingerprint density at radius 3 is 0.960 bits per heavy atom. The van der Waals surface area contributed by atoms with Gasteiger partial charge >= 0.3 is 0 Å². The number of hydrogen-bond donors (Lipinski definition) is 4. The van der Waals surface area contributed by atoms with Crippen molar-refractivity contribution in [3.63, 3.8) is 0 Å². The number of fused-ring (bicyclic) bond motifs is 2. The fourth-order valence-corrected chi connectivity index (χ4v) is 9.85. The molecule has 4 atom stereocenters. The van der Waals surface area contributed by atoms with Crippen LogP contribution in [-0.4, -0.2) is 206 Å². The minimum absolute atomic E-state index is 0.0566. The van der Waals surface area contributed by atoms with Crippen LogP contribution in [0.15, 0.2) is 156 Å². The molecule has 0 saturated carbocycles. The Labute approximate surface area is 597 Å². The summed E-state index contributed by atoms with van der Waals surface area (Å²) in [6.45, 7) is 23.1. The molecule has 18 heteroatoms. The number of ether oxygens (including phenoxy) is 12. The summed E-state index contributed by atoms with van der Waals surface area (Å²) >= 11 is 0. The molecular formula is C82H116N2O16. The van der Waals surface area contributed by atoms with E-state index < -0.39 is 12.2 Å². The van der Waals surface area contributed by atoms with Gasteiger partial charge in [0.1, 0.15) is 0 Å². The van der Waals surface area contributed by atoms with Crippen molar-refractivity contribution in [1.29, 1.82) is 0 Å². The van der Waals surface area contributed by atoms with Crippen LogP contribution in [0.3, 0.4) is 0 Å². The molecular weight excluding hydrogens is 1270 g/mol. The third-order valence-electron chi connectivity index (χ3n) is 15.8. The van der Waals surface area contributed by atoms with Gasteiger partial charge in [-0.15, -0.1) is 0 Å². The summed E-state index contributed by atoms with van der Waals surface area (Å²) in [5.74, 6) is 12.0. The first kappa shape index (κ1) is 85.8. The smallest absolute Gasteiger partial charge is 0.246 e. The summed E-state index contributed by atoms with van der Waals surface area (Å²) in [5.41, 5.74) is 5.80. The maximum absolute atomic E-state index is 12.4. The zero-order valence-corrected chi connectivity index (χ0v) is 60.7. The fraction of sp³-hybridized carbons (Fsp3) is 0.537. The van der Waals surface area contributed by atoms with Crippen molar-refractivity contribution >= 4 is 33.4 Å². The van der Waals surface area contributed by atoms with E-state index in [1.165, 1.54) is 32.7 Å². The van der Waals surface area contributed by atoms with E-state index in [0.29, 0.717) is 208 Å². The van der Waals surface area contributed by atoms with E-state index in [-0.39, 0.29) is 23.7 Å². The highest BCUT2D eigenvalue weighted by Gasteiger charge is 2.14. The van der Waals surface area contributed by atoms with E-state index in [1.54, 1.807) is 26.0 Å². The molecule has 0 radical (unpaired) electrons. The molecule has 550 valence electrons. The molecule has 0 unspecified atom stereocenters. The van der Waals surface area contributed by atoms with Crippen LogP contribution in [0.25, 0.3) is 21.5 Å². The number of hydrogen-bond acceptors (Lipinski definition) is 16. The number of allylic oxidation sites excluding steroid dienone is 6. The van der Waals surface area contributed by atoms with Gasteiger partial charge in [0.15, 0.2) is 0 Å². The number of amides is 2. The topological polar surface area (TPSA) is 209 Å². The van der Waals surface area contributed by atoms with Gasteiger partial charge in [0.05, 0.1) is 171 Å². The van der Waals surface area contributed by atoms with Crippen LogP contribution >= 0.6 is 0 Å². The van der Waals surface area contributed by atoms with Crippen molar-refractivity contribution in [2.24, 2.45) is 11.8 Å². The van der Waals surface area contributed by atoms with Gasteiger partial charge in [-0.3, -0.25) is 9.59 Å². The van der Waals surface area contributed by atoms with Crippen LogP contribution in [0.5, 0.6) is 0 Å². The van der Waals surface area contributed by atoms with Gasteiger partial charge in [-0.2, -0.15) is 0 Å². The van der Waals surface area contributed by atoms with Crippen LogP contribution in [0.1, 0.15) is 91.2 Å². The van der Waals surface area contributed by atoms with Crippen molar-refractivity contribution in [3.8, 4) is 23.7 Å². The van der Waals surface area contributed by atoms with Gasteiger partial charge in [-0.05, 0) is 122 Å². The third kappa shape index (κ3) is 42.6. The molecule has 0 bridgehead atoms. The minimum Gasteiger partial charge on any atom is -0.388 e. The van der Waals surface area contributed by atoms with E-state index in [0.717, 1.165) is 36.8 Å². The van der Waals surface area contributed by atoms with Gasteiger partial charge in [0.2, 0.25) is 11.8 Å².